The average molecular weight is 392 g/mol. The molecule has 2 N–H and O–H groups in total. The van der Waals surface area contributed by atoms with Crippen molar-refractivity contribution in [2.75, 3.05) is 6.54 Å². The van der Waals surface area contributed by atoms with Crippen LogP contribution in [0.1, 0.15) is 62.2 Å². The van der Waals surface area contributed by atoms with Gasteiger partial charge in [0.1, 0.15) is 0 Å². The number of carbonyl (C=O) groups is 1. The van der Waals surface area contributed by atoms with Crippen LogP contribution >= 0.6 is 0 Å². The van der Waals surface area contributed by atoms with Gasteiger partial charge in [-0.3, -0.25) is 4.79 Å². The van der Waals surface area contributed by atoms with Crippen molar-refractivity contribution in [2.45, 2.75) is 80.9 Å². The summed E-state index contributed by atoms with van der Waals surface area (Å²) in [5.74, 6) is -0.114. The predicted molar refractivity (Wildman–Crippen MR) is 104 cm³/mol. The number of nitrogens with zero attached hydrogens (tertiary/aromatic N) is 1. The Morgan fingerprint density at radius 2 is 1.74 bits per heavy atom. The van der Waals surface area contributed by atoms with E-state index in [2.05, 4.69) is 10.6 Å². The summed E-state index contributed by atoms with van der Waals surface area (Å²) in [7, 11) is -3.49. The van der Waals surface area contributed by atoms with Crippen LogP contribution in [0.25, 0.3) is 0 Å². The maximum absolute atomic E-state index is 12.9. The Kier molecular flexibility index (Phi) is 5.27. The van der Waals surface area contributed by atoms with Crippen molar-refractivity contribution < 1.29 is 13.2 Å². The molecule has 1 aromatic carbocycles. The summed E-state index contributed by atoms with van der Waals surface area (Å²) in [6.07, 6.45) is 7.21. The number of piperidine rings is 2. The van der Waals surface area contributed by atoms with Gasteiger partial charge in [0.05, 0.1) is 4.90 Å². The minimum absolute atomic E-state index is 0.0296. The molecule has 0 saturated carbocycles. The molecule has 0 spiro atoms. The second-order valence-electron chi connectivity index (χ2n) is 8.26. The molecule has 3 atom stereocenters. The van der Waals surface area contributed by atoms with Gasteiger partial charge in [0, 0.05) is 36.3 Å². The van der Waals surface area contributed by atoms with Gasteiger partial charge in [0.15, 0.2) is 0 Å². The molecule has 4 rings (SSSR count). The number of carbonyl (C=O) groups excluding carboxylic acids is 1. The lowest BCUT2D eigenvalue weighted by Gasteiger charge is -2.32. The molecule has 27 heavy (non-hydrogen) atoms. The molecule has 7 heteroatoms. The number of fused-ring (bicyclic) bond motifs is 2. The third-order valence-corrected chi connectivity index (χ3v) is 8.30. The van der Waals surface area contributed by atoms with E-state index in [1.807, 2.05) is 6.92 Å². The fraction of sp³-hybridized carbons (Fsp3) is 0.650. The van der Waals surface area contributed by atoms with Crippen molar-refractivity contribution in [3.63, 3.8) is 0 Å². The topological polar surface area (TPSA) is 78.5 Å². The fourth-order valence-corrected chi connectivity index (χ4v) is 6.49. The van der Waals surface area contributed by atoms with Gasteiger partial charge in [-0.1, -0.05) is 6.42 Å². The third-order valence-electron chi connectivity index (χ3n) is 6.27. The zero-order valence-electron chi connectivity index (χ0n) is 15.9. The average Bonchev–Trinajstić information content (AvgIpc) is 3.00. The normalized spacial score (nSPS) is 31.6. The maximum Gasteiger partial charge on any atom is 0.251 e. The van der Waals surface area contributed by atoms with E-state index in [9.17, 15) is 13.2 Å². The Morgan fingerprint density at radius 3 is 2.37 bits per heavy atom. The first-order valence-electron chi connectivity index (χ1n) is 10.1. The molecule has 1 amide bonds. The molecule has 2 bridgehead atoms. The van der Waals surface area contributed by atoms with Crippen LogP contribution in [0.5, 0.6) is 0 Å². The Hall–Kier alpha value is -1.44. The van der Waals surface area contributed by atoms with Crippen molar-refractivity contribution in [3.05, 3.63) is 29.8 Å². The second kappa shape index (κ2) is 7.53. The lowest BCUT2D eigenvalue weighted by atomic mass is 9.99. The first-order chi connectivity index (χ1) is 12.9. The van der Waals surface area contributed by atoms with E-state index in [0.29, 0.717) is 24.2 Å². The van der Waals surface area contributed by atoms with Crippen LogP contribution in [0.2, 0.25) is 0 Å². The van der Waals surface area contributed by atoms with E-state index < -0.39 is 10.0 Å². The van der Waals surface area contributed by atoms with Gasteiger partial charge in [-0.15, -0.1) is 0 Å². The Bertz CT molecular complexity index is 781. The van der Waals surface area contributed by atoms with E-state index in [1.54, 1.807) is 28.6 Å². The molecular weight excluding hydrogens is 362 g/mol. The highest BCUT2D eigenvalue weighted by atomic mass is 32.2. The highest BCUT2D eigenvalue weighted by molar-refractivity contribution is 7.89. The van der Waals surface area contributed by atoms with E-state index in [1.165, 1.54) is 12.8 Å². The number of amides is 1. The number of benzene rings is 1. The number of rotatable bonds is 4. The van der Waals surface area contributed by atoms with Crippen molar-refractivity contribution in [2.24, 2.45) is 0 Å². The predicted octanol–water partition coefficient (Wildman–Crippen LogP) is 2.26. The van der Waals surface area contributed by atoms with Crippen molar-refractivity contribution in [1.29, 1.82) is 0 Å². The van der Waals surface area contributed by atoms with Crippen molar-refractivity contribution in [3.8, 4) is 0 Å². The highest BCUT2D eigenvalue weighted by Gasteiger charge is 2.34. The van der Waals surface area contributed by atoms with Crippen LogP contribution in [0, 0.1) is 0 Å². The molecule has 0 aliphatic carbocycles. The monoisotopic (exact) mass is 391 g/mol. The summed E-state index contributed by atoms with van der Waals surface area (Å²) < 4.78 is 27.4. The summed E-state index contributed by atoms with van der Waals surface area (Å²) >= 11 is 0. The largest absolute Gasteiger partial charge is 0.349 e. The zero-order valence-corrected chi connectivity index (χ0v) is 16.7. The maximum atomic E-state index is 12.9. The molecule has 3 aliphatic heterocycles. The Morgan fingerprint density at radius 1 is 1.07 bits per heavy atom. The number of hydrogen-bond acceptors (Lipinski definition) is 4. The minimum atomic E-state index is -3.49. The highest BCUT2D eigenvalue weighted by Crippen LogP contribution is 2.27. The summed E-state index contributed by atoms with van der Waals surface area (Å²) in [5, 5.41) is 6.70. The molecule has 6 nitrogen and oxygen atoms in total. The molecule has 3 saturated heterocycles. The molecule has 3 aliphatic rings. The molecular formula is C20H29N3O3S. The van der Waals surface area contributed by atoms with Crippen LogP contribution in [-0.4, -0.2) is 49.3 Å². The molecule has 3 fully saturated rings. The Labute approximate surface area is 161 Å². The lowest BCUT2D eigenvalue weighted by Crippen LogP contribution is -2.48. The molecule has 3 heterocycles. The van der Waals surface area contributed by atoms with Gasteiger partial charge in [-0.25, -0.2) is 8.42 Å². The third kappa shape index (κ3) is 3.91. The van der Waals surface area contributed by atoms with Crippen LogP contribution < -0.4 is 10.6 Å². The van der Waals surface area contributed by atoms with Gasteiger partial charge >= 0.3 is 0 Å². The van der Waals surface area contributed by atoms with Gasteiger partial charge < -0.3 is 10.6 Å². The van der Waals surface area contributed by atoms with E-state index in [4.69, 9.17) is 0 Å². The van der Waals surface area contributed by atoms with E-state index in [0.717, 1.165) is 32.1 Å². The van der Waals surface area contributed by atoms with Gasteiger partial charge in [-0.2, -0.15) is 4.31 Å². The number of nitrogens with one attached hydrogen (secondary N) is 2. The molecule has 148 valence electrons. The fourth-order valence-electron chi connectivity index (χ4n) is 4.79. The van der Waals surface area contributed by atoms with Crippen LogP contribution in [-0.2, 0) is 10.0 Å². The summed E-state index contributed by atoms with van der Waals surface area (Å²) in [6, 6.07) is 7.67. The smallest absolute Gasteiger partial charge is 0.251 e. The summed E-state index contributed by atoms with van der Waals surface area (Å²) in [6.45, 7) is 2.54. The number of sulfonamides is 1. The van der Waals surface area contributed by atoms with Gasteiger partial charge in [0.25, 0.3) is 5.91 Å². The van der Waals surface area contributed by atoms with Crippen LogP contribution in [0.4, 0.5) is 0 Å². The van der Waals surface area contributed by atoms with E-state index in [-0.39, 0.29) is 22.9 Å². The quantitative estimate of drug-likeness (QED) is 0.825. The summed E-state index contributed by atoms with van der Waals surface area (Å²) in [4.78, 5) is 12.8. The molecule has 1 aromatic rings. The standard InChI is InChI=1S/C20H29N3O3S/c1-14-4-2-3-11-23(14)27(25,26)19-9-5-15(6-10-19)20(24)22-18-12-16-7-8-17(13-18)21-16/h5-6,9-10,14,16-18,21H,2-4,7-8,11-13H2,1H3,(H,22,24). The molecule has 0 aromatic heterocycles. The second-order valence-corrected chi connectivity index (χ2v) is 10.2. The van der Waals surface area contributed by atoms with Crippen LogP contribution in [0.15, 0.2) is 29.2 Å². The van der Waals surface area contributed by atoms with Crippen molar-refractivity contribution >= 4 is 15.9 Å². The SMILES string of the molecule is CC1CCCCN1S(=O)(=O)c1ccc(C(=O)NC2CC3CCC(C2)N3)cc1. The van der Waals surface area contributed by atoms with Gasteiger partial charge in [0.2, 0.25) is 10.0 Å². The first-order valence-corrected chi connectivity index (χ1v) is 11.6. The minimum Gasteiger partial charge on any atom is -0.349 e. The first kappa shape index (κ1) is 18.9. The summed E-state index contributed by atoms with van der Waals surface area (Å²) in [5.41, 5.74) is 0.520. The Balaban J connectivity index is 1.43. The lowest BCUT2D eigenvalue weighted by molar-refractivity contribution is 0.0924. The van der Waals surface area contributed by atoms with Crippen molar-refractivity contribution in [1.82, 2.24) is 14.9 Å². The molecule has 3 unspecified atom stereocenters. The van der Waals surface area contributed by atoms with Gasteiger partial charge in [-0.05, 0) is 69.7 Å². The van der Waals surface area contributed by atoms with Crippen LogP contribution in [0.3, 0.4) is 0 Å². The van der Waals surface area contributed by atoms with E-state index >= 15 is 0 Å². The molecule has 0 radical (unpaired) electrons. The number of hydrogen-bond donors (Lipinski definition) is 2. The zero-order chi connectivity index (χ0) is 19.0.